The number of carbonyl (C=O) groups excluding carboxylic acids is 1. The topological polar surface area (TPSA) is 65.2 Å². The lowest BCUT2D eigenvalue weighted by atomic mass is 9.95. The third kappa shape index (κ3) is 2.72. The number of nitrogens with zero attached hydrogens (tertiary/aromatic N) is 1. The van der Waals surface area contributed by atoms with E-state index >= 15 is 0 Å². The average molecular weight is 242 g/mol. The zero-order valence-electron chi connectivity index (χ0n) is 10.1. The SMILES string of the molecule is CCOC(=O)c1nc(N)sc1C(C)C(C)C. The monoisotopic (exact) mass is 242 g/mol. The highest BCUT2D eigenvalue weighted by atomic mass is 32.1. The third-order valence-corrected chi connectivity index (χ3v) is 3.64. The van der Waals surface area contributed by atoms with Crippen molar-refractivity contribution in [2.45, 2.75) is 33.6 Å². The zero-order valence-corrected chi connectivity index (χ0v) is 10.9. The van der Waals surface area contributed by atoms with Crippen molar-refractivity contribution in [1.82, 2.24) is 4.98 Å². The van der Waals surface area contributed by atoms with E-state index < -0.39 is 0 Å². The Labute approximate surface area is 99.8 Å². The number of aromatic nitrogens is 1. The van der Waals surface area contributed by atoms with E-state index in [1.807, 2.05) is 0 Å². The zero-order chi connectivity index (χ0) is 12.3. The van der Waals surface area contributed by atoms with Crippen molar-refractivity contribution in [3.63, 3.8) is 0 Å². The van der Waals surface area contributed by atoms with E-state index in [1.165, 1.54) is 11.3 Å². The van der Waals surface area contributed by atoms with E-state index in [1.54, 1.807) is 6.92 Å². The van der Waals surface area contributed by atoms with Crippen LogP contribution in [0, 0.1) is 5.92 Å². The second-order valence-corrected chi connectivity index (χ2v) is 5.08. The molecule has 0 aromatic carbocycles. The number of esters is 1. The lowest BCUT2D eigenvalue weighted by Gasteiger charge is -2.14. The van der Waals surface area contributed by atoms with Crippen LogP contribution >= 0.6 is 11.3 Å². The molecule has 4 nitrogen and oxygen atoms in total. The predicted octanol–water partition coefficient (Wildman–Crippen LogP) is 2.66. The first-order valence-electron chi connectivity index (χ1n) is 5.40. The molecule has 0 saturated heterocycles. The molecule has 0 amide bonds. The Bertz CT molecular complexity index is 374. The standard InChI is InChI=1S/C11H18N2O2S/c1-5-15-10(14)8-9(7(4)6(2)3)16-11(12)13-8/h6-7H,5H2,1-4H3,(H2,12,13). The van der Waals surface area contributed by atoms with Crippen molar-refractivity contribution in [1.29, 1.82) is 0 Å². The molecule has 0 saturated carbocycles. The van der Waals surface area contributed by atoms with Crippen LogP contribution in [-0.2, 0) is 4.74 Å². The highest BCUT2D eigenvalue weighted by Gasteiger charge is 2.24. The van der Waals surface area contributed by atoms with E-state index in [9.17, 15) is 4.79 Å². The summed E-state index contributed by atoms with van der Waals surface area (Å²) in [6, 6.07) is 0. The highest BCUT2D eigenvalue weighted by Crippen LogP contribution is 2.33. The maximum atomic E-state index is 11.7. The Balaban J connectivity index is 3.04. The minimum absolute atomic E-state index is 0.259. The summed E-state index contributed by atoms with van der Waals surface area (Å²) in [6.45, 7) is 8.41. The molecule has 1 rings (SSSR count). The summed E-state index contributed by atoms with van der Waals surface area (Å²) in [6.07, 6.45) is 0. The van der Waals surface area contributed by atoms with Crippen LogP contribution in [0.25, 0.3) is 0 Å². The van der Waals surface area contributed by atoms with Crippen LogP contribution in [-0.4, -0.2) is 17.6 Å². The van der Waals surface area contributed by atoms with Crippen LogP contribution in [0.4, 0.5) is 5.13 Å². The Morgan fingerprint density at radius 1 is 1.50 bits per heavy atom. The fraction of sp³-hybridized carbons (Fsp3) is 0.636. The smallest absolute Gasteiger partial charge is 0.358 e. The summed E-state index contributed by atoms with van der Waals surface area (Å²) in [5, 5.41) is 0.422. The molecule has 5 heteroatoms. The lowest BCUT2D eigenvalue weighted by molar-refractivity contribution is 0.0518. The van der Waals surface area contributed by atoms with Crippen molar-refractivity contribution < 1.29 is 9.53 Å². The number of ether oxygens (including phenoxy) is 1. The highest BCUT2D eigenvalue weighted by molar-refractivity contribution is 7.15. The molecule has 0 aliphatic rings. The van der Waals surface area contributed by atoms with E-state index in [-0.39, 0.29) is 11.9 Å². The molecule has 0 radical (unpaired) electrons. The van der Waals surface area contributed by atoms with E-state index in [0.29, 0.717) is 23.4 Å². The number of hydrogen-bond donors (Lipinski definition) is 1. The Hall–Kier alpha value is -1.10. The van der Waals surface area contributed by atoms with Gasteiger partial charge in [0, 0.05) is 4.88 Å². The molecule has 0 spiro atoms. The fourth-order valence-corrected chi connectivity index (χ4v) is 2.35. The van der Waals surface area contributed by atoms with Crippen molar-refractivity contribution >= 4 is 22.4 Å². The van der Waals surface area contributed by atoms with Crippen molar-refractivity contribution in [3.8, 4) is 0 Å². The number of thiazole rings is 1. The van der Waals surface area contributed by atoms with Gasteiger partial charge in [0.1, 0.15) is 0 Å². The third-order valence-electron chi connectivity index (χ3n) is 2.55. The number of nitrogen functional groups attached to an aromatic ring is 1. The van der Waals surface area contributed by atoms with Crippen LogP contribution < -0.4 is 5.73 Å². The number of hydrogen-bond acceptors (Lipinski definition) is 5. The molecular formula is C11H18N2O2S. The summed E-state index contributed by atoms with van der Waals surface area (Å²) >= 11 is 1.37. The van der Waals surface area contributed by atoms with Crippen LogP contribution in [0.1, 0.15) is 49.0 Å². The van der Waals surface area contributed by atoms with Gasteiger partial charge >= 0.3 is 5.97 Å². The van der Waals surface area contributed by atoms with Gasteiger partial charge in [-0.1, -0.05) is 20.8 Å². The van der Waals surface area contributed by atoms with Crippen molar-refractivity contribution in [3.05, 3.63) is 10.6 Å². The molecule has 16 heavy (non-hydrogen) atoms. The maximum absolute atomic E-state index is 11.7. The number of anilines is 1. The fourth-order valence-electron chi connectivity index (χ4n) is 1.31. The molecule has 1 aromatic rings. The van der Waals surface area contributed by atoms with Crippen LogP contribution in [0.15, 0.2) is 0 Å². The van der Waals surface area contributed by atoms with Gasteiger partial charge in [0.25, 0.3) is 0 Å². The van der Waals surface area contributed by atoms with E-state index in [2.05, 4.69) is 25.8 Å². The molecule has 0 aliphatic heterocycles. The Morgan fingerprint density at radius 2 is 2.12 bits per heavy atom. The summed E-state index contributed by atoms with van der Waals surface area (Å²) < 4.78 is 4.96. The maximum Gasteiger partial charge on any atom is 0.358 e. The average Bonchev–Trinajstić information content (AvgIpc) is 2.59. The molecule has 1 unspecified atom stereocenters. The number of carbonyl (C=O) groups is 1. The van der Waals surface area contributed by atoms with Gasteiger partial charge in [0.2, 0.25) is 0 Å². The quantitative estimate of drug-likeness (QED) is 0.824. The summed E-state index contributed by atoms with van der Waals surface area (Å²) in [5.41, 5.74) is 6.03. The normalized spacial score (nSPS) is 12.8. The second-order valence-electron chi connectivity index (χ2n) is 4.02. The molecule has 1 aromatic heterocycles. The Morgan fingerprint density at radius 3 is 2.62 bits per heavy atom. The van der Waals surface area contributed by atoms with E-state index in [4.69, 9.17) is 10.5 Å². The molecule has 2 N–H and O–H groups in total. The molecule has 1 atom stereocenters. The summed E-state index contributed by atoms with van der Waals surface area (Å²) in [7, 11) is 0. The van der Waals surface area contributed by atoms with Gasteiger partial charge in [-0.25, -0.2) is 9.78 Å². The van der Waals surface area contributed by atoms with Crippen LogP contribution in [0.3, 0.4) is 0 Å². The van der Waals surface area contributed by atoms with Gasteiger partial charge < -0.3 is 10.5 Å². The molecule has 90 valence electrons. The molecular weight excluding hydrogens is 224 g/mol. The van der Waals surface area contributed by atoms with Gasteiger partial charge in [-0.2, -0.15) is 0 Å². The Kier molecular flexibility index (Phi) is 4.29. The summed E-state index contributed by atoms with van der Waals surface area (Å²) in [4.78, 5) is 16.6. The lowest BCUT2D eigenvalue weighted by Crippen LogP contribution is -2.11. The number of nitrogens with two attached hydrogens (primary N) is 1. The van der Waals surface area contributed by atoms with Gasteiger partial charge in [0.15, 0.2) is 10.8 Å². The minimum atomic E-state index is -0.377. The van der Waals surface area contributed by atoms with Gasteiger partial charge in [0.05, 0.1) is 6.61 Å². The first kappa shape index (κ1) is 13.0. The van der Waals surface area contributed by atoms with Crippen LogP contribution in [0.5, 0.6) is 0 Å². The molecule has 1 heterocycles. The van der Waals surface area contributed by atoms with Crippen molar-refractivity contribution in [2.24, 2.45) is 5.92 Å². The van der Waals surface area contributed by atoms with Gasteiger partial charge in [-0.05, 0) is 18.8 Å². The number of rotatable bonds is 4. The first-order chi connectivity index (χ1) is 7.47. The van der Waals surface area contributed by atoms with Crippen LogP contribution in [0.2, 0.25) is 0 Å². The molecule has 0 bridgehead atoms. The predicted molar refractivity (Wildman–Crippen MR) is 65.7 cm³/mol. The van der Waals surface area contributed by atoms with Gasteiger partial charge in [-0.3, -0.25) is 0 Å². The first-order valence-corrected chi connectivity index (χ1v) is 6.22. The van der Waals surface area contributed by atoms with E-state index in [0.717, 1.165) is 4.88 Å². The van der Waals surface area contributed by atoms with Gasteiger partial charge in [-0.15, -0.1) is 11.3 Å². The van der Waals surface area contributed by atoms with Crippen molar-refractivity contribution in [2.75, 3.05) is 12.3 Å². The molecule has 0 fully saturated rings. The second kappa shape index (κ2) is 5.30. The summed E-state index contributed by atoms with van der Waals surface area (Å²) in [5.74, 6) is 0.320. The largest absolute Gasteiger partial charge is 0.461 e. The molecule has 0 aliphatic carbocycles. The minimum Gasteiger partial charge on any atom is -0.461 e.